The molecule has 1 nitrogen and oxygen atoms in total. The van der Waals surface area contributed by atoms with E-state index in [2.05, 4.69) is 0 Å². The number of halogens is 1. The van der Waals surface area contributed by atoms with Crippen LogP contribution in [-0.2, 0) is 4.79 Å². The van der Waals surface area contributed by atoms with Crippen molar-refractivity contribution in [3.8, 4) is 0 Å². The lowest BCUT2D eigenvalue weighted by atomic mass is 9.48. The predicted molar refractivity (Wildman–Crippen MR) is 51.6 cm³/mol. The van der Waals surface area contributed by atoms with E-state index in [-0.39, 0.29) is 5.41 Å². The average Bonchev–Trinajstić information content (AvgIpc) is 2.14. The van der Waals surface area contributed by atoms with Crippen LogP contribution < -0.4 is 0 Å². The molecule has 4 fully saturated rings. The van der Waals surface area contributed by atoms with Crippen molar-refractivity contribution in [3.63, 3.8) is 0 Å². The van der Waals surface area contributed by atoms with E-state index in [1.54, 1.807) is 0 Å². The summed E-state index contributed by atoms with van der Waals surface area (Å²) in [5.41, 5.74) is -0.226. The molecule has 0 aromatic heterocycles. The van der Waals surface area contributed by atoms with Crippen LogP contribution in [0.3, 0.4) is 0 Å². The molecule has 0 N–H and O–H groups in total. The lowest BCUT2D eigenvalue weighted by molar-refractivity contribution is -0.130. The van der Waals surface area contributed by atoms with Crippen molar-refractivity contribution in [2.45, 2.75) is 44.7 Å². The molecule has 0 heterocycles. The Hall–Kier alpha value is -0.400. The summed E-state index contributed by atoms with van der Waals surface area (Å²) in [6, 6.07) is 0. The third-order valence-corrected chi connectivity index (χ3v) is 4.79. The summed E-state index contributed by atoms with van der Waals surface area (Å²) in [6.45, 7) is 0. The zero-order valence-corrected chi connectivity index (χ0v) is 8.42. The fourth-order valence-electron chi connectivity index (χ4n) is 4.66. The van der Waals surface area contributed by atoms with Crippen molar-refractivity contribution in [2.24, 2.45) is 23.2 Å². The molecule has 0 amide bonds. The van der Waals surface area contributed by atoms with E-state index in [1.807, 2.05) is 0 Å². The van der Waals surface area contributed by atoms with Gasteiger partial charge in [-0.25, -0.2) is 4.39 Å². The normalized spacial score (nSPS) is 51.9. The second-order valence-corrected chi connectivity index (χ2v) is 5.82. The largest absolute Gasteiger partial charge is 0.300 e. The van der Waals surface area contributed by atoms with Gasteiger partial charge in [0.2, 0.25) is 0 Å². The van der Waals surface area contributed by atoms with Crippen LogP contribution >= 0.6 is 0 Å². The van der Waals surface area contributed by atoms with E-state index in [0.717, 1.165) is 37.0 Å². The summed E-state index contributed by atoms with van der Waals surface area (Å²) in [6.07, 6.45) is 6.25. The number of hydrogen-bond acceptors (Lipinski definition) is 1. The molecule has 4 bridgehead atoms. The molecular weight excluding hydrogens is 179 g/mol. The summed E-state index contributed by atoms with van der Waals surface area (Å²) < 4.78 is 13.7. The standard InChI is InChI=1S/C12H17FO/c13-11(7-14)12-4-8-1-9(5-12)3-10(2-8)6-12/h7-11H,1-6H2. The number of carbonyl (C=O) groups excluding carboxylic acids is 1. The van der Waals surface area contributed by atoms with Gasteiger partial charge in [0, 0.05) is 5.41 Å². The number of carbonyl (C=O) groups is 1. The zero-order valence-electron chi connectivity index (χ0n) is 8.42. The number of aldehydes is 1. The lowest BCUT2D eigenvalue weighted by Crippen LogP contribution is -2.50. The van der Waals surface area contributed by atoms with Crippen LogP contribution in [0.25, 0.3) is 0 Å². The first-order valence-corrected chi connectivity index (χ1v) is 5.81. The Morgan fingerprint density at radius 1 is 1.07 bits per heavy atom. The van der Waals surface area contributed by atoms with Crippen LogP contribution in [0, 0.1) is 23.2 Å². The van der Waals surface area contributed by atoms with Gasteiger partial charge < -0.3 is 4.79 Å². The van der Waals surface area contributed by atoms with Crippen molar-refractivity contribution < 1.29 is 9.18 Å². The molecular formula is C12H17FO. The lowest BCUT2D eigenvalue weighted by Gasteiger charge is -2.57. The van der Waals surface area contributed by atoms with Gasteiger partial charge in [-0.1, -0.05) is 0 Å². The molecule has 0 spiro atoms. The van der Waals surface area contributed by atoms with Gasteiger partial charge in [-0.05, 0) is 56.3 Å². The van der Waals surface area contributed by atoms with Crippen molar-refractivity contribution >= 4 is 6.29 Å². The molecule has 4 aliphatic carbocycles. The van der Waals surface area contributed by atoms with Crippen molar-refractivity contribution in [1.82, 2.24) is 0 Å². The topological polar surface area (TPSA) is 17.1 Å². The van der Waals surface area contributed by atoms with E-state index in [4.69, 9.17) is 0 Å². The fraction of sp³-hybridized carbons (Fsp3) is 0.917. The minimum Gasteiger partial charge on any atom is -0.300 e. The van der Waals surface area contributed by atoms with Gasteiger partial charge in [0.1, 0.15) is 0 Å². The third kappa shape index (κ3) is 1.09. The summed E-state index contributed by atoms with van der Waals surface area (Å²) in [7, 11) is 0. The Bertz CT molecular complexity index is 226. The molecule has 4 rings (SSSR count). The molecule has 4 saturated carbocycles. The minimum absolute atomic E-state index is 0.226. The molecule has 2 heteroatoms. The quantitative estimate of drug-likeness (QED) is 0.621. The Labute approximate surface area is 84.1 Å². The molecule has 0 aromatic carbocycles. The van der Waals surface area contributed by atoms with Crippen LogP contribution in [0.1, 0.15) is 38.5 Å². The van der Waals surface area contributed by atoms with Gasteiger partial charge in [0.25, 0.3) is 0 Å². The fourth-order valence-corrected chi connectivity index (χ4v) is 4.66. The Kier molecular flexibility index (Phi) is 1.78. The van der Waals surface area contributed by atoms with Gasteiger partial charge in [0.05, 0.1) is 0 Å². The van der Waals surface area contributed by atoms with Gasteiger partial charge in [-0.2, -0.15) is 0 Å². The van der Waals surface area contributed by atoms with Gasteiger partial charge in [-0.15, -0.1) is 0 Å². The van der Waals surface area contributed by atoms with Crippen molar-refractivity contribution in [1.29, 1.82) is 0 Å². The summed E-state index contributed by atoms with van der Waals surface area (Å²) >= 11 is 0. The molecule has 0 saturated heterocycles. The minimum atomic E-state index is -1.18. The first-order valence-electron chi connectivity index (χ1n) is 5.81. The molecule has 0 radical (unpaired) electrons. The molecule has 78 valence electrons. The third-order valence-electron chi connectivity index (χ3n) is 4.79. The Balaban J connectivity index is 1.90. The maximum Gasteiger partial charge on any atom is 0.161 e. The molecule has 14 heavy (non-hydrogen) atoms. The molecule has 4 aliphatic rings. The van der Waals surface area contributed by atoms with E-state index in [1.165, 1.54) is 19.3 Å². The van der Waals surface area contributed by atoms with Crippen LogP contribution in [0.15, 0.2) is 0 Å². The Morgan fingerprint density at radius 2 is 1.50 bits per heavy atom. The second-order valence-electron chi connectivity index (χ2n) is 5.82. The highest BCUT2D eigenvalue weighted by atomic mass is 19.1. The van der Waals surface area contributed by atoms with E-state index < -0.39 is 6.17 Å². The van der Waals surface area contributed by atoms with Crippen LogP contribution in [0.5, 0.6) is 0 Å². The smallest absolute Gasteiger partial charge is 0.161 e. The number of hydrogen-bond donors (Lipinski definition) is 0. The van der Waals surface area contributed by atoms with Crippen LogP contribution in [0.2, 0.25) is 0 Å². The highest BCUT2D eigenvalue weighted by Crippen LogP contribution is 2.61. The maximum absolute atomic E-state index is 13.7. The zero-order chi connectivity index (χ0) is 9.76. The summed E-state index contributed by atoms with van der Waals surface area (Å²) in [5.74, 6) is 2.21. The monoisotopic (exact) mass is 196 g/mol. The van der Waals surface area contributed by atoms with Gasteiger partial charge in [0.15, 0.2) is 12.5 Å². The van der Waals surface area contributed by atoms with E-state index in [9.17, 15) is 9.18 Å². The number of rotatable bonds is 2. The molecule has 0 aliphatic heterocycles. The molecule has 1 unspecified atom stereocenters. The van der Waals surface area contributed by atoms with Crippen molar-refractivity contribution in [3.05, 3.63) is 0 Å². The first kappa shape index (κ1) is 8.87. The van der Waals surface area contributed by atoms with E-state index in [0.29, 0.717) is 6.29 Å². The highest BCUT2D eigenvalue weighted by molar-refractivity contribution is 5.57. The summed E-state index contributed by atoms with van der Waals surface area (Å²) in [4.78, 5) is 10.6. The SMILES string of the molecule is O=CC(F)C12CC3CC(CC(C3)C1)C2. The van der Waals surface area contributed by atoms with Crippen LogP contribution in [-0.4, -0.2) is 12.5 Å². The maximum atomic E-state index is 13.7. The second kappa shape index (κ2) is 2.80. The van der Waals surface area contributed by atoms with Crippen LogP contribution in [0.4, 0.5) is 4.39 Å². The Morgan fingerprint density at radius 3 is 1.86 bits per heavy atom. The first-order chi connectivity index (χ1) is 6.72. The predicted octanol–water partition coefficient (Wildman–Crippen LogP) is 2.74. The average molecular weight is 196 g/mol. The number of alkyl halides is 1. The molecule has 1 atom stereocenters. The van der Waals surface area contributed by atoms with E-state index >= 15 is 0 Å². The van der Waals surface area contributed by atoms with Gasteiger partial charge in [-0.3, -0.25) is 0 Å². The molecule has 0 aromatic rings. The highest BCUT2D eigenvalue weighted by Gasteiger charge is 2.54. The van der Waals surface area contributed by atoms with Gasteiger partial charge >= 0.3 is 0 Å². The summed E-state index contributed by atoms with van der Waals surface area (Å²) in [5, 5.41) is 0. The van der Waals surface area contributed by atoms with Crippen molar-refractivity contribution in [2.75, 3.05) is 0 Å².